The van der Waals surface area contributed by atoms with Crippen molar-refractivity contribution in [2.45, 2.75) is 19.8 Å². The molecule has 0 saturated heterocycles. The monoisotopic (exact) mass is 273 g/mol. The Morgan fingerprint density at radius 2 is 1.75 bits per heavy atom. The van der Waals surface area contributed by atoms with Crippen molar-refractivity contribution >= 4 is 17.3 Å². The molecule has 2 rings (SSSR count). The van der Waals surface area contributed by atoms with Crippen LogP contribution in [0.2, 0.25) is 0 Å². The number of carboxylic acids is 1. The minimum Gasteiger partial charge on any atom is -0.478 e. The van der Waals surface area contributed by atoms with E-state index in [1.165, 1.54) is 6.07 Å². The predicted octanol–water partition coefficient (Wildman–Crippen LogP) is 4.39. The molecule has 4 heteroatoms. The molecule has 0 radical (unpaired) electrons. The van der Waals surface area contributed by atoms with Gasteiger partial charge in [0, 0.05) is 5.69 Å². The van der Waals surface area contributed by atoms with Crippen LogP contribution in [0.15, 0.2) is 42.5 Å². The van der Waals surface area contributed by atoms with Gasteiger partial charge in [0.05, 0.1) is 5.69 Å². The molecule has 0 bridgehead atoms. The third-order valence-electron chi connectivity index (χ3n) is 3.08. The highest BCUT2D eigenvalue weighted by Crippen LogP contribution is 2.29. The van der Waals surface area contributed by atoms with E-state index in [1.54, 1.807) is 6.07 Å². The number of para-hydroxylation sites is 1. The molecule has 0 amide bonds. The van der Waals surface area contributed by atoms with Gasteiger partial charge in [-0.25, -0.2) is 9.18 Å². The minimum atomic E-state index is -1.28. The first-order chi connectivity index (χ1) is 9.50. The Balaban J connectivity index is 2.46. The molecule has 0 fully saturated rings. The Morgan fingerprint density at radius 3 is 2.40 bits per heavy atom. The summed E-state index contributed by atoms with van der Waals surface area (Å²) in [7, 11) is 0. The summed E-state index contributed by atoms with van der Waals surface area (Å²) in [6, 6.07) is 11.8. The van der Waals surface area contributed by atoms with Crippen LogP contribution in [0.4, 0.5) is 15.8 Å². The Kier molecular flexibility index (Phi) is 4.03. The molecule has 0 spiro atoms. The zero-order chi connectivity index (χ0) is 14.7. The van der Waals surface area contributed by atoms with E-state index in [0.29, 0.717) is 0 Å². The van der Waals surface area contributed by atoms with Crippen molar-refractivity contribution in [3.63, 3.8) is 0 Å². The van der Waals surface area contributed by atoms with Gasteiger partial charge in [-0.1, -0.05) is 38.1 Å². The van der Waals surface area contributed by atoms with E-state index in [4.69, 9.17) is 5.11 Å². The van der Waals surface area contributed by atoms with Gasteiger partial charge in [-0.3, -0.25) is 0 Å². The van der Waals surface area contributed by atoms with Crippen LogP contribution in [0.25, 0.3) is 0 Å². The maximum Gasteiger partial charge on any atom is 0.340 e. The second-order valence-electron chi connectivity index (χ2n) is 4.83. The number of aromatic carboxylic acids is 1. The fraction of sp³-hybridized carbons (Fsp3) is 0.188. The molecule has 2 aromatic carbocycles. The van der Waals surface area contributed by atoms with E-state index in [9.17, 15) is 9.18 Å². The van der Waals surface area contributed by atoms with Crippen LogP contribution in [0, 0.1) is 5.82 Å². The molecule has 0 aromatic heterocycles. The molecule has 0 aliphatic heterocycles. The van der Waals surface area contributed by atoms with Gasteiger partial charge in [0.15, 0.2) is 0 Å². The van der Waals surface area contributed by atoms with Crippen LogP contribution in [0.5, 0.6) is 0 Å². The number of anilines is 2. The van der Waals surface area contributed by atoms with Crippen molar-refractivity contribution in [3.05, 3.63) is 59.4 Å². The molecule has 3 nitrogen and oxygen atoms in total. The molecule has 0 saturated carbocycles. The summed E-state index contributed by atoms with van der Waals surface area (Å²) >= 11 is 0. The molecule has 0 atom stereocenters. The number of benzene rings is 2. The summed E-state index contributed by atoms with van der Waals surface area (Å²) in [6.45, 7) is 4.09. The Morgan fingerprint density at radius 1 is 1.10 bits per heavy atom. The first-order valence-corrected chi connectivity index (χ1v) is 6.38. The van der Waals surface area contributed by atoms with E-state index in [0.717, 1.165) is 17.3 Å². The van der Waals surface area contributed by atoms with Gasteiger partial charge >= 0.3 is 5.97 Å². The number of hydrogen-bond donors (Lipinski definition) is 2. The summed E-state index contributed by atoms with van der Waals surface area (Å²) in [6.07, 6.45) is 0. The molecular weight excluding hydrogens is 257 g/mol. The topological polar surface area (TPSA) is 49.3 Å². The highest BCUT2D eigenvalue weighted by atomic mass is 19.1. The average Bonchev–Trinajstić information content (AvgIpc) is 2.38. The van der Waals surface area contributed by atoms with Crippen LogP contribution in [0.3, 0.4) is 0 Å². The maximum absolute atomic E-state index is 13.6. The lowest BCUT2D eigenvalue weighted by Gasteiger charge is -2.16. The lowest BCUT2D eigenvalue weighted by Crippen LogP contribution is -2.07. The van der Waals surface area contributed by atoms with E-state index in [-0.39, 0.29) is 17.2 Å². The van der Waals surface area contributed by atoms with Gasteiger partial charge in [-0.2, -0.15) is 0 Å². The normalized spacial score (nSPS) is 10.6. The summed E-state index contributed by atoms with van der Waals surface area (Å²) in [5.41, 5.74) is 1.75. The molecule has 2 N–H and O–H groups in total. The standard InChI is InChI=1S/C16H16FNO2/c1-10(2)11-6-3-4-8-13(11)18-14-9-5-7-12(17)15(14)16(19)20/h3-10,18H,1-2H3,(H,19,20). The first-order valence-electron chi connectivity index (χ1n) is 6.38. The summed E-state index contributed by atoms with van der Waals surface area (Å²) in [5, 5.41) is 12.1. The van der Waals surface area contributed by atoms with Crippen molar-refractivity contribution in [3.8, 4) is 0 Å². The van der Waals surface area contributed by atoms with Crippen molar-refractivity contribution in [2.24, 2.45) is 0 Å². The Bertz CT molecular complexity index is 638. The molecular formula is C16H16FNO2. The lowest BCUT2D eigenvalue weighted by atomic mass is 10.0. The van der Waals surface area contributed by atoms with E-state index in [2.05, 4.69) is 5.32 Å². The van der Waals surface area contributed by atoms with E-state index >= 15 is 0 Å². The molecule has 104 valence electrons. The van der Waals surface area contributed by atoms with Crippen molar-refractivity contribution in [2.75, 3.05) is 5.32 Å². The fourth-order valence-corrected chi connectivity index (χ4v) is 2.11. The van der Waals surface area contributed by atoms with E-state index in [1.807, 2.05) is 38.1 Å². The largest absolute Gasteiger partial charge is 0.478 e. The number of hydrogen-bond acceptors (Lipinski definition) is 2. The van der Waals surface area contributed by atoms with Crippen LogP contribution in [-0.2, 0) is 0 Å². The van der Waals surface area contributed by atoms with Gasteiger partial charge in [0.1, 0.15) is 11.4 Å². The smallest absolute Gasteiger partial charge is 0.340 e. The predicted molar refractivity (Wildman–Crippen MR) is 77.2 cm³/mol. The molecule has 0 unspecified atom stereocenters. The summed E-state index contributed by atoms with van der Waals surface area (Å²) in [5.74, 6) is -1.75. The molecule has 0 aliphatic rings. The molecule has 0 aliphatic carbocycles. The fourth-order valence-electron chi connectivity index (χ4n) is 2.11. The Labute approximate surface area is 117 Å². The SMILES string of the molecule is CC(C)c1ccccc1Nc1cccc(F)c1C(=O)O. The average molecular weight is 273 g/mol. The van der Waals surface area contributed by atoms with Gasteiger partial charge in [0.25, 0.3) is 0 Å². The van der Waals surface area contributed by atoms with Gasteiger partial charge in [-0.15, -0.1) is 0 Å². The number of carbonyl (C=O) groups is 1. The summed E-state index contributed by atoms with van der Waals surface area (Å²) < 4.78 is 13.6. The zero-order valence-corrected chi connectivity index (χ0v) is 11.4. The van der Waals surface area contributed by atoms with Gasteiger partial charge in [0.2, 0.25) is 0 Å². The number of nitrogens with one attached hydrogen (secondary N) is 1. The quantitative estimate of drug-likeness (QED) is 0.868. The van der Waals surface area contributed by atoms with E-state index < -0.39 is 11.8 Å². The molecule has 0 heterocycles. The first kappa shape index (κ1) is 14.1. The minimum absolute atomic E-state index is 0.255. The van der Waals surface area contributed by atoms with Crippen molar-refractivity contribution in [1.82, 2.24) is 0 Å². The lowest BCUT2D eigenvalue weighted by molar-refractivity contribution is 0.0693. The van der Waals surface area contributed by atoms with Crippen LogP contribution in [-0.4, -0.2) is 11.1 Å². The van der Waals surface area contributed by atoms with Crippen LogP contribution < -0.4 is 5.32 Å². The van der Waals surface area contributed by atoms with Crippen molar-refractivity contribution in [1.29, 1.82) is 0 Å². The zero-order valence-electron chi connectivity index (χ0n) is 11.4. The second kappa shape index (κ2) is 5.74. The second-order valence-corrected chi connectivity index (χ2v) is 4.83. The summed E-state index contributed by atoms with van der Waals surface area (Å²) in [4.78, 5) is 11.2. The number of rotatable bonds is 4. The molecule has 20 heavy (non-hydrogen) atoms. The number of carboxylic acid groups (broad SMARTS) is 1. The third kappa shape index (κ3) is 2.79. The van der Waals surface area contributed by atoms with Crippen LogP contribution >= 0.6 is 0 Å². The van der Waals surface area contributed by atoms with Gasteiger partial charge in [-0.05, 0) is 29.7 Å². The highest BCUT2D eigenvalue weighted by molar-refractivity contribution is 5.95. The maximum atomic E-state index is 13.6. The van der Waals surface area contributed by atoms with Crippen molar-refractivity contribution < 1.29 is 14.3 Å². The molecule has 2 aromatic rings. The van der Waals surface area contributed by atoms with Crippen LogP contribution in [0.1, 0.15) is 35.7 Å². The Hall–Kier alpha value is -2.36. The highest BCUT2D eigenvalue weighted by Gasteiger charge is 2.16. The van der Waals surface area contributed by atoms with Gasteiger partial charge < -0.3 is 10.4 Å². The number of halogens is 1. The third-order valence-corrected chi connectivity index (χ3v) is 3.08.